The molecule has 130 valence electrons. The molecule has 2 heterocycles. The van der Waals surface area contributed by atoms with E-state index < -0.39 is 0 Å². The SMILES string of the molecule is Cl.O=C(CC1CSCCN1)NCc1nc(-c2ccc(Br)cc2)n[nH]1. The van der Waals surface area contributed by atoms with Gasteiger partial charge < -0.3 is 10.6 Å². The second-order valence-corrected chi connectivity index (χ2v) is 7.38. The topological polar surface area (TPSA) is 82.7 Å². The molecule has 0 saturated carbocycles. The van der Waals surface area contributed by atoms with Gasteiger partial charge in [0.05, 0.1) is 6.54 Å². The van der Waals surface area contributed by atoms with Gasteiger partial charge >= 0.3 is 0 Å². The van der Waals surface area contributed by atoms with E-state index >= 15 is 0 Å². The molecule has 6 nitrogen and oxygen atoms in total. The summed E-state index contributed by atoms with van der Waals surface area (Å²) in [5, 5.41) is 13.3. The van der Waals surface area contributed by atoms with Crippen molar-refractivity contribution in [1.82, 2.24) is 25.8 Å². The average Bonchev–Trinajstić information content (AvgIpc) is 3.04. The second kappa shape index (κ2) is 9.41. The van der Waals surface area contributed by atoms with E-state index in [4.69, 9.17) is 0 Å². The van der Waals surface area contributed by atoms with Crippen LogP contribution < -0.4 is 10.6 Å². The molecule has 1 aliphatic heterocycles. The van der Waals surface area contributed by atoms with E-state index in [-0.39, 0.29) is 24.4 Å². The quantitative estimate of drug-likeness (QED) is 0.676. The number of rotatable bonds is 5. The van der Waals surface area contributed by atoms with Gasteiger partial charge in [-0.3, -0.25) is 9.89 Å². The summed E-state index contributed by atoms with van der Waals surface area (Å²) in [6.45, 7) is 1.34. The Kier molecular flexibility index (Phi) is 7.54. The molecule has 0 radical (unpaired) electrons. The third-order valence-electron chi connectivity index (χ3n) is 3.52. The highest BCUT2D eigenvalue weighted by molar-refractivity contribution is 9.10. The molecule has 1 atom stereocenters. The van der Waals surface area contributed by atoms with Crippen LogP contribution in [0.3, 0.4) is 0 Å². The van der Waals surface area contributed by atoms with Crippen LogP contribution >= 0.6 is 40.1 Å². The molecule has 9 heteroatoms. The fourth-order valence-corrected chi connectivity index (χ4v) is 3.54. The van der Waals surface area contributed by atoms with E-state index in [0.717, 1.165) is 28.1 Å². The zero-order chi connectivity index (χ0) is 16.1. The number of H-pyrrole nitrogens is 1. The molecular formula is C15H19BrClN5OS. The largest absolute Gasteiger partial charge is 0.349 e. The van der Waals surface area contributed by atoms with Crippen molar-refractivity contribution in [3.63, 3.8) is 0 Å². The molecule has 0 spiro atoms. The van der Waals surface area contributed by atoms with Crippen molar-refractivity contribution >= 4 is 46.0 Å². The molecule has 1 amide bonds. The first-order valence-electron chi connectivity index (χ1n) is 7.46. The van der Waals surface area contributed by atoms with Crippen LogP contribution in [-0.4, -0.2) is 45.2 Å². The van der Waals surface area contributed by atoms with E-state index in [9.17, 15) is 4.79 Å². The Hall–Kier alpha value is -1.09. The highest BCUT2D eigenvalue weighted by Crippen LogP contribution is 2.18. The van der Waals surface area contributed by atoms with Gasteiger partial charge in [0.15, 0.2) is 5.82 Å². The minimum Gasteiger partial charge on any atom is -0.349 e. The summed E-state index contributed by atoms with van der Waals surface area (Å²) in [5.74, 6) is 3.43. The number of nitrogens with one attached hydrogen (secondary N) is 3. The first-order valence-corrected chi connectivity index (χ1v) is 9.40. The minimum atomic E-state index is 0. The van der Waals surface area contributed by atoms with Crippen LogP contribution in [0, 0.1) is 0 Å². The van der Waals surface area contributed by atoms with Crippen molar-refractivity contribution in [3.05, 3.63) is 34.6 Å². The molecule has 1 aliphatic rings. The molecule has 24 heavy (non-hydrogen) atoms. The maximum Gasteiger partial charge on any atom is 0.221 e. The van der Waals surface area contributed by atoms with Crippen LogP contribution in [0.1, 0.15) is 12.2 Å². The first-order chi connectivity index (χ1) is 11.2. The molecule has 0 bridgehead atoms. The molecule has 3 N–H and O–H groups in total. The van der Waals surface area contributed by atoms with Crippen molar-refractivity contribution in [1.29, 1.82) is 0 Å². The Balaban J connectivity index is 0.00000208. The molecular weight excluding hydrogens is 414 g/mol. The molecule has 1 fully saturated rings. The summed E-state index contributed by atoms with van der Waals surface area (Å²) in [6, 6.07) is 8.05. The first kappa shape index (κ1) is 19.2. The summed E-state index contributed by atoms with van der Waals surface area (Å²) in [6.07, 6.45) is 0.501. The molecule has 3 rings (SSSR count). The number of halogens is 2. The summed E-state index contributed by atoms with van der Waals surface area (Å²) >= 11 is 5.29. The number of amides is 1. The van der Waals surface area contributed by atoms with E-state index in [0.29, 0.717) is 24.6 Å². The van der Waals surface area contributed by atoms with Gasteiger partial charge in [0.2, 0.25) is 5.91 Å². The third-order valence-corrected chi connectivity index (χ3v) is 5.18. The number of carbonyl (C=O) groups excluding carboxylic acids is 1. The maximum absolute atomic E-state index is 12.0. The van der Waals surface area contributed by atoms with Crippen molar-refractivity contribution < 1.29 is 4.79 Å². The van der Waals surface area contributed by atoms with Gasteiger partial charge in [0.1, 0.15) is 5.82 Å². The standard InChI is InChI=1S/C15H18BrN5OS.ClH/c16-11-3-1-10(2-4-11)15-19-13(20-21-15)8-18-14(22)7-12-9-23-6-5-17-12;/h1-4,12,17H,5-9H2,(H,18,22)(H,19,20,21);1H. The predicted molar refractivity (Wildman–Crippen MR) is 102 cm³/mol. The van der Waals surface area contributed by atoms with Gasteiger partial charge in [-0.1, -0.05) is 28.1 Å². The second-order valence-electron chi connectivity index (χ2n) is 5.32. The lowest BCUT2D eigenvalue weighted by molar-refractivity contribution is -0.121. The Morgan fingerprint density at radius 2 is 2.17 bits per heavy atom. The molecule has 1 saturated heterocycles. The lowest BCUT2D eigenvalue weighted by Gasteiger charge is -2.22. The number of aromatic nitrogens is 3. The number of aromatic amines is 1. The van der Waals surface area contributed by atoms with E-state index in [1.165, 1.54) is 0 Å². The Bertz CT molecular complexity index is 660. The molecule has 1 unspecified atom stereocenters. The van der Waals surface area contributed by atoms with Gasteiger partial charge in [-0.05, 0) is 12.1 Å². The minimum absolute atomic E-state index is 0. The fraction of sp³-hybridized carbons (Fsp3) is 0.400. The Labute approximate surface area is 159 Å². The normalized spacial score (nSPS) is 17.1. The summed E-state index contributed by atoms with van der Waals surface area (Å²) < 4.78 is 1.01. The van der Waals surface area contributed by atoms with E-state index in [1.807, 2.05) is 36.0 Å². The van der Waals surface area contributed by atoms with Crippen molar-refractivity contribution in [2.24, 2.45) is 0 Å². The monoisotopic (exact) mass is 431 g/mol. The smallest absolute Gasteiger partial charge is 0.221 e. The van der Waals surface area contributed by atoms with E-state index in [2.05, 4.69) is 41.7 Å². The van der Waals surface area contributed by atoms with E-state index in [1.54, 1.807) is 0 Å². The lowest BCUT2D eigenvalue weighted by Crippen LogP contribution is -2.41. The fourth-order valence-electron chi connectivity index (χ4n) is 2.33. The highest BCUT2D eigenvalue weighted by atomic mass is 79.9. The van der Waals surface area contributed by atoms with Gasteiger partial charge in [-0.15, -0.1) is 12.4 Å². The Morgan fingerprint density at radius 3 is 2.88 bits per heavy atom. The van der Waals surface area contributed by atoms with Crippen molar-refractivity contribution in [2.45, 2.75) is 19.0 Å². The van der Waals surface area contributed by atoms with Crippen LogP contribution in [0.2, 0.25) is 0 Å². The number of nitrogens with zero attached hydrogens (tertiary/aromatic N) is 2. The van der Waals surface area contributed by atoms with Gasteiger partial charge in [-0.2, -0.15) is 16.9 Å². The number of carbonyl (C=O) groups is 1. The van der Waals surface area contributed by atoms with Crippen LogP contribution in [0.15, 0.2) is 28.7 Å². The van der Waals surface area contributed by atoms with Gasteiger partial charge in [0, 0.05) is 40.5 Å². The number of benzene rings is 1. The summed E-state index contributed by atoms with van der Waals surface area (Å²) in [5.41, 5.74) is 0.936. The lowest BCUT2D eigenvalue weighted by atomic mass is 10.2. The highest BCUT2D eigenvalue weighted by Gasteiger charge is 2.16. The van der Waals surface area contributed by atoms with Crippen molar-refractivity contribution in [2.75, 3.05) is 18.1 Å². The molecule has 0 aliphatic carbocycles. The number of hydrogen-bond donors (Lipinski definition) is 3. The third kappa shape index (κ3) is 5.47. The Morgan fingerprint density at radius 1 is 1.38 bits per heavy atom. The maximum atomic E-state index is 12.0. The van der Waals surface area contributed by atoms with Crippen LogP contribution in [0.5, 0.6) is 0 Å². The predicted octanol–water partition coefficient (Wildman–Crippen LogP) is 2.37. The molecule has 1 aromatic carbocycles. The van der Waals surface area contributed by atoms with Crippen LogP contribution in [0.4, 0.5) is 0 Å². The summed E-state index contributed by atoms with van der Waals surface area (Å²) in [4.78, 5) is 16.4. The van der Waals surface area contributed by atoms with Crippen molar-refractivity contribution in [3.8, 4) is 11.4 Å². The number of thioether (sulfide) groups is 1. The zero-order valence-electron chi connectivity index (χ0n) is 12.9. The number of hydrogen-bond acceptors (Lipinski definition) is 5. The summed E-state index contributed by atoms with van der Waals surface area (Å²) in [7, 11) is 0. The zero-order valence-corrected chi connectivity index (χ0v) is 16.1. The van der Waals surface area contributed by atoms with Crippen LogP contribution in [0.25, 0.3) is 11.4 Å². The van der Waals surface area contributed by atoms with Gasteiger partial charge in [-0.25, -0.2) is 4.98 Å². The van der Waals surface area contributed by atoms with Gasteiger partial charge in [0.25, 0.3) is 0 Å². The average molecular weight is 433 g/mol. The molecule has 2 aromatic rings. The van der Waals surface area contributed by atoms with Crippen LogP contribution in [-0.2, 0) is 11.3 Å². The molecule has 1 aromatic heterocycles.